The van der Waals surface area contributed by atoms with E-state index in [2.05, 4.69) is 0 Å². The lowest BCUT2D eigenvalue weighted by Gasteiger charge is -2.34. The first-order valence-electron chi connectivity index (χ1n) is 9.50. The predicted molar refractivity (Wildman–Crippen MR) is 113 cm³/mol. The summed E-state index contributed by atoms with van der Waals surface area (Å²) in [7, 11) is 3.07. The molecule has 156 valence electrons. The minimum atomic E-state index is -0.327. The molecule has 1 aliphatic heterocycles. The van der Waals surface area contributed by atoms with Gasteiger partial charge in [-0.05, 0) is 30.3 Å². The standard InChI is InChI=1S/C22H21FN2O4S/c1-28-15-10-14(11-16(12-15)29-2)21(26)24-6-8-25(9-7-24)22(27)20-13-17-18(23)4-3-5-19(17)30-20/h3-5,10-13H,6-9H2,1-2H3. The maximum atomic E-state index is 13.9. The van der Waals surface area contributed by atoms with Crippen molar-refractivity contribution in [2.45, 2.75) is 0 Å². The second kappa shape index (κ2) is 8.31. The SMILES string of the molecule is COc1cc(OC)cc(C(=O)N2CCN(C(=O)c3cc4c(F)cccc4s3)CC2)c1. The molecule has 30 heavy (non-hydrogen) atoms. The summed E-state index contributed by atoms with van der Waals surface area (Å²) < 4.78 is 25.2. The Hall–Kier alpha value is -3.13. The fourth-order valence-electron chi connectivity index (χ4n) is 3.51. The number of carbonyl (C=O) groups is 2. The van der Waals surface area contributed by atoms with E-state index < -0.39 is 0 Å². The molecule has 0 atom stereocenters. The third kappa shape index (κ3) is 3.82. The molecule has 0 N–H and O–H groups in total. The number of hydrogen-bond acceptors (Lipinski definition) is 5. The summed E-state index contributed by atoms with van der Waals surface area (Å²) in [6.45, 7) is 1.68. The minimum Gasteiger partial charge on any atom is -0.497 e. The van der Waals surface area contributed by atoms with Gasteiger partial charge < -0.3 is 19.3 Å². The smallest absolute Gasteiger partial charge is 0.264 e. The zero-order chi connectivity index (χ0) is 21.3. The summed E-state index contributed by atoms with van der Waals surface area (Å²) in [5.41, 5.74) is 0.478. The molecule has 0 aliphatic carbocycles. The summed E-state index contributed by atoms with van der Waals surface area (Å²) in [6.07, 6.45) is 0. The highest BCUT2D eigenvalue weighted by Crippen LogP contribution is 2.29. The van der Waals surface area contributed by atoms with Crippen molar-refractivity contribution in [3.63, 3.8) is 0 Å². The summed E-state index contributed by atoms with van der Waals surface area (Å²) in [5.74, 6) is 0.493. The average Bonchev–Trinajstić information content (AvgIpc) is 3.23. The monoisotopic (exact) mass is 428 g/mol. The van der Waals surface area contributed by atoms with Gasteiger partial charge in [-0.2, -0.15) is 0 Å². The maximum absolute atomic E-state index is 13.9. The fraction of sp³-hybridized carbons (Fsp3) is 0.273. The highest BCUT2D eigenvalue weighted by Gasteiger charge is 2.27. The second-order valence-electron chi connectivity index (χ2n) is 6.95. The van der Waals surface area contributed by atoms with Gasteiger partial charge in [-0.25, -0.2) is 4.39 Å². The second-order valence-corrected chi connectivity index (χ2v) is 8.03. The van der Waals surface area contributed by atoms with Gasteiger partial charge >= 0.3 is 0 Å². The highest BCUT2D eigenvalue weighted by molar-refractivity contribution is 7.20. The molecule has 0 radical (unpaired) electrons. The molecule has 2 heterocycles. The quantitative estimate of drug-likeness (QED) is 0.637. The Bertz CT molecular complexity index is 1080. The van der Waals surface area contributed by atoms with Crippen LogP contribution in [0.4, 0.5) is 4.39 Å². The number of hydrogen-bond donors (Lipinski definition) is 0. The number of ether oxygens (including phenoxy) is 2. The number of halogens is 1. The van der Waals surface area contributed by atoms with E-state index in [-0.39, 0.29) is 17.6 Å². The van der Waals surface area contributed by atoms with Crippen molar-refractivity contribution in [3.05, 3.63) is 58.7 Å². The molecule has 1 saturated heterocycles. The molecule has 4 rings (SSSR count). The minimum absolute atomic E-state index is 0.134. The number of rotatable bonds is 4. The predicted octanol–water partition coefficient (Wildman–Crippen LogP) is 3.66. The Morgan fingerprint density at radius 3 is 2.07 bits per heavy atom. The Balaban J connectivity index is 1.45. The van der Waals surface area contributed by atoms with Crippen LogP contribution in [0.2, 0.25) is 0 Å². The van der Waals surface area contributed by atoms with Gasteiger partial charge in [0.05, 0.1) is 19.1 Å². The van der Waals surface area contributed by atoms with Crippen molar-refractivity contribution < 1.29 is 23.5 Å². The van der Waals surface area contributed by atoms with Crippen LogP contribution in [0.3, 0.4) is 0 Å². The molecule has 0 unspecified atom stereocenters. The number of piperazine rings is 1. The lowest BCUT2D eigenvalue weighted by molar-refractivity contribution is 0.0538. The molecular formula is C22H21FN2O4S. The summed E-state index contributed by atoms with van der Waals surface area (Å²) in [6, 6.07) is 11.5. The van der Waals surface area contributed by atoms with Crippen molar-refractivity contribution in [3.8, 4) is 11.5 Å². The molecule has 2 aromatic carbocycles. The normalized spacial score (nSPS) is 14.1. The van der Waals surface area contributed by atoms with Crippen LogP contribution in [0.1, 0.15) is 20.0 Å². The number of nitrogens with zero attached hydrogens (tertiary/aromatic N) is 2. The van der Waals surface area contributed by atoms with E-state index in [1.165, 1.54) is 31.6 Å². The molecule has 1 aromatic heterocycles. The molecular weight excluding hydrogens is 407 g/mol. The Labute approximate surface area is 177 Å². The molecule has 0 bridgehead atoms. The Morgan fingerprint density at radius 2 is 1.50 bits per heavy atom. The third-order valence-corrected chi connectivity index (χ3v) is 6.26. The van der Waals surface area contributed by atoms with Gasteiger partial charge in [-0.15, -0.1) is 11.3 Å². The van der Waals surface area contributed by atoms with Gasteiger partial charge in [-0.1, -0.05) is 6.07 Å². The van der Waals surface area contributed by atoms with Crippen LogP contribution < -0.4 is 9.47 Å². The van der Waals surface area contributed by atoms with Crippen LogP contribution in [-0.2, 0) is 0 Å². The Morgan fingerprint density at radius 1 is 0.900 bits per heavy atom. The number of fused-ring (bicyclic) bond motifs is 1. The van der Waals surface area contributed by atoms with E-state index in [1.54, 1.807) is 46.2 Å². The van der Waals surface area contributed by atoms with E-state index in [0.29, 0.717) is 53.5 Å². The van der Waals surface area contributed by atoms with Gasteiger partial charge in [0, 0.05) is 47.9 Å². The topological polar surface area (TPSA) is 59.1 Å². The number of amides is 2. The summed E-state index contributed by atoms with van der Waals surface area (Å²) in [4.78, 5) is 29.7. The average molecular weight is 428 g/mol. The first kappa shape index (κ1) is 20.2. The van der Waals surface area contributed by atoms with Crippen molar-refractivity contribution in [1.82, 2.24) is 9.80 Å². The Kier molecular flexibility index (Phi) is 5.59. The van der Waals surface area contributed by atoms with E-state index in [4.69, 9.17) is 9.47 Å². The van der Waals surface area contributed by atoms with E-state index in [9.17, 15) is 14.0 Å². The van der Waals surface area contributed by atoms with Gasteiger partial charge in [0.15, 0.2) is 0 Å². The van der Waals surface area contributed by atoms with Crippen molar-refractivity contribution >= 4 is 33.2 Å². The maximum Gasteiger partial charge on any atom is 0.264 e. The lowest BCUT2D eigenvalue weighted by atomic mass is 10.1. The zero-order valence-electron chi connectivity index (χ0n) is 16.7. The molecule has 2 amide bonds. The van der Waals surface area contributed by atoms with Crippen LogP contribution in [0.25, 0.3) is 10.1 Å². The van der Waals surface area contributed by atoms with Gasteiger partial charge in [-0.3, -0.25) is 9.59 Å². The fourth-order valence-corrected chi connectivity index (χ4v) is 4.56. The number of benzene rings is 2. The van der Waals surface area contributed by atoms with Gasteiger partial charge in [0.2, 0.25) is 0 Å². The summed E-state index contributed by atoms with van der Waals surface area (Å²) >= 11 is 1.29. The number of thiophene rings is 1. The molecule has 1 aliphatic rings. The van der Waals surface area contributed by atoms with Crippen LogP contribution in [0, 0.1) is 5.82 Å². The molecule has 0 spiro atoms. The summed E-state index contributed by atoms with van der Waals surface area (Å²) in [5, 5.41) is 0.464. The van der Waals surface area contributed by atoms with Crippen LogP contribution in [0.15, 0.2) is 42.5 Å². The van der Waals surface area contributed by atoms with Crippen molar-refractivity contribution in [2.75, 3.05) is 40.4 Å². The van der Waals surface area contributed by atoms with Crippen LogP contribution >= 0.6 is 11.3 Å². The van der Waals surface area contributed by atoms with Crippen molar-refractivity contribution in [2.24, 2.45) is 0 Å². The highest BCUT2D eigenvalue weighted by atomic mass is 32.1. The zero-order valence-corrected chi connectivity index (χ0v) is 17.5. The van der Waals surface area contributed by atoms with E-state index in [1.807, 2.05) is 0 Å². The number of methoxy groups -OCH3 is 2. The first-order valence-corrected chi connectivity index (χ1v) is 10.3. The largest absolute Gasteiger partial charge is 0.497 e. The first-order chi connectivity index (χ1) is 14.5. The molecule has 3 aromatic rings. The van der Waals surface area contributed by atoms with Gasteiger partial charge in [0.25, 0.3) is 11.8 Å². The van der Waals surface area contributed by atoms with E-state index >= 15 is 0 Å². The van der Waals surface area contributed by atoms with Crippen molar-refractivity contribution in [1.29, 1.82) is 0 Å². The van der Waals surface area contributed by atoms with E-state index in [0.717, 1.165) is 4.70 Å². The molecule has 6 nitrogen and oxygen atoms in total. The lowest BCUT2D eigenvalue weighted by Crippen LogP contribution is -2.50. The van der Waals surface area contributed by atoms with Crippen LogP contribution in [0.5, 0.6) is 11.5 Å². The molecule has 0 saturated carbocycles. The van der Waals surface area contributed by atoms with Crippen LogP contribution in [-0.4, -0.2) is 62.0 Å². The molecule has 8 heteroatoms. The molecule has 1 fully saturated rings. The number of carbonyl (C=O) groups excluding carboxylic acids is 2. The van der Waals surface area contributed by atoms with Gasteiger partial charge in [0.1, 0.15) is 17.3 Å². The third-order valence-electron chi connectivity index (χ3n) is 5.17.